The van der Waals surface area contributed by atoms with Crippen LogP contribution in [0.4, 0.5) is 15.9 Å². The Balaban J connectivity index is 0.00000248. The average Bonchev–Trinajstić information content (AvgIpc) is 2.90. The van der Waals surface area contributed by atoms with Gasteiger partial charge in [0.1, 0.15) is 23.8 Å². The maximum absolute atomic E-state index is 14.4. The van der Waals surface area contributed by atoms with Crippen molar-refractivity contribution in [3.8, 4) is 23.0 Å². The van der Waals surface area contributed by atoms with Gasteiger partial charge in [0, 0.05) is 4.47 Å². The van der Waals surface area contributed by atoms with Crippen molar-refractivity contribution in [2.24, 2.45) is 0 Å². The van der Waals surface area contributed by atoms with Gasteiger partial charge >= 0.3 is 5.69 Å². The Bertz CT molecular complexity index is 1570. The third-order valence-electron chi connectivity index (χ3n) is 6.33. The Hall–Kier alpha value is -3.41. The summed E-state index contributed by atoms with van der Waals surface area (Å²) in [4.78, 5) is 17.9. The van der Waals surface area contributed by atoms with Crippen molar-refractivity contribution in [1.29, 1.82) is 0 Å². The second-order valence-corrected chi connectivity index (χ2v) is 9.83. The molecule has 2 aromatic carbocycles. The van der Waals surface area contributed by atoms with Crippen molar-refractivity contribution in [2.45, 2.75) is 42.8 Å². The number of piperidine rings is 1. The van der Waals surface area contributed by atoms with Gasteiger partial charge in [0.15, 0.2) is 11.5 Å². The molecule has 0 radical (unpaired) electrons. The third kappa shape index (κ3) is 5.21. The Labute approximate surface area is 247 Å². The minimum Gasteiger partial charge on any atom is -0.504 e. The molecule has 1 saturated heterocycles. The number of aliphatic hydroxyl groups is 9. The van der Waals surface area contributed by atoms with Crippen molar-refractivity contribution in [1.82, 2.24) is 15.3 Å². The van der Waals surface area contributed by atoms with Gasteiger partial charge in [0.2, 0.25) is 17.1 Å². The Kier molecular flexibility index (Phi) is 8.93. The van der Waals surface area contributed by atoms with Gasteiger partial charge in [0.25, 0.3) is 23.4 Å². The first-order chi connectivity index (χ1) is 19.7. The number of nitrogens with one attached hydrogen (secondary N) is 3. The summed E-state index contributed by atoms with van der Waals surface area (Å²) in [7, 11) is 0.913. The lowest BCUT2D eigenvalue weighted by Gasteiger charge is -2.58. The largest absolute Gasteiger partial charge is 0.504 e. The van der Waals surface area contributed by atoms with Crippen LogP contribution in [0.5, 0.6) is 23.0 Å². The summed E-state index contributed by atoms with van der Waals surface area (Å²) in [6, 6.07) is 3.75. The van der Waals surface area contributed by atoms with Crippen LogP contribution >= 0.6 is 15.9 Å². The second-order valence-electron chi connectivity index (χ2n) is 8.91. The predicted octanol–water partition coefficient (Wildman–Crippen LogP) is -2.63. The molecule has 0 unspecified atom stereocenters. The van der Waals surface area contributed by atoms with Crippen LogP contribution in [0.1, 0.15) is 13.8 Å². The van der Waals surface area contributed by atoms with Gasteiger partial charge in [-0.2, -0.15) is 4.98 Å². The van der Waals surface area contributed by atoms with E-state index in [4.69, 9.17) is 9.47 Å². The van der Waals surface area contributed by atoms with E-state index >= 15 is 0 Å². The van der Waals surface area contributed by atoms with E-state index in [-0.39, 0.29) is 5.69 Å². The number of hydrogen-bond acceptors (Lipinski definition) is 17. The second kappa shape index (κ2) is 11.3. The molecule has 0 saturated carbocycles. The van der Waals surface area contributed by atoms with E-state index in [1.165, 1.54) is 12.1 Å². The molecule has 0 spiro atoms. The molecule has 0 aliphatic carbocycles. The lowest BCUT2D eigenvalue weighted by Crippen LogP contribution is -2.93. The Morgan fingerprint density at radius 3 is 2.02 bits per heavy atom. The van der Waals surface area contributed by atoms with Crippen molar-refractivity contribution in [3.63, 3.8) is 0 Å². The van der Waals surface area contributed by atoms with Crippen LogP contribution < -0.4 is 25.8 Å². The van der Waals surface area contributed by atoms with Gasteiger partial charge < -0.3 is 75.9 Å². The van der Waals surface area contributed by atoms with E-state index in [2.05, 4.69) is 31.2 Å². The van der Waals surface area contributed by atoms with E-state index in [1.54, 1.807) is 0 Å². The number of H-pyrrole nitrogens is 1. The highest BCUT2D eigenvalue weighted by atomic mass is 79.9. The number of ether oxygens (including phenoxy) is 2. The number of aromatic hydroxyl groups is 2. The molecule has 14 N–H and O–H groups in total. The van der Waals surface area contributed by atoms with Gasteiger partial charge in [-0.25, -0.2) is 14.5 Å². The van der Waals surface area contributed by atoms with Crippen LogP contribution in [-0.2, 0) is 0 Å². The molecule has 1 aliphatic heterocycles. The fourth-order valence-electron chi connectivity index (χ4n) is 4.07. The van der Waals surface area contributed by atoms with Crippen molar-refractivity contribution < 1.29 is 70.0 Å². The number of nitrogens with zero attached hydrogens (tertiary/aromatic N) is 1. The van der Waals surface area contributed by atoms with E-state index in [1.807, 2.05) is 13.8 Å². The van der Waals surface area contributed by atoms with E-state index in [0.29, 0.717) is 4.47 Å². The van der Waals surface area contributed by atoms with Crippen LogP contribution in [0.2, 0.25) is 0 Å². The number of hydrogen-bond donors (Lipinski definition) is 14. The molecule has 3 aromatic rings. The molecule has 18 nitrogen and oxygen atoms in total. The summed E-state index contributed by atoms with van der Waals surface area (Å²) in [6.45, 7) is 2.07. The number of benzene rings is 2. The molecule has 0 bridgehead atoms. The van der Waals surface area contributed by atoms with Gasteiger partial charge in [-0.1, -0.05) is 29.8 Å². The molecule has 0 atom stereocenters. The molecule has 43 heavy (non-hydrogen) atoms. The molecule has 2 heterocycles. The Morgan fingerprint density at radius 1 is 0.953 bits per heavy atom. The smallest absolute Gasteiger partial charge is 0.347 e. The number of phenols is 2. The van der Waals surface area contributed by atoms with Crippen LogP contribution in [-0.4, -0.2) is 109 Å². The van der Waals surface area contributed by atoms with Gasteiger partial charge in [0.05, 0.1) is 18.2 Å². The van der Waals surface area contributed by atoms with Gasteiger partial charge in [-0.15, -0.1) is 0 Å². The van der Waals surface area contributed by atoms with Crippen LogP contribution in [0.15, 0.2) is 27.5 Å². The van der Waals surface area contributed by atoms with Crippen LogP contribution in [0, 0.1) is 5.82 Å². The monoisotopic (exact) mass is 682 g/mol. The molecular weight excluding hydrogens is 655 g/mol. The Morgan fingerprint density at radius 2 is 1.51 bits per heavy atom. The molecule has 238 valence electrons. The number of aromatic nitrogens is 2. The fourth-order valence-corrected chi connectivity index (χ4v) is 4.40. The van der Waals surface area contributed by atoms with Crippen molar-refractivity contribution in [3.05, 3.63) is 39.0 Å². The zero-order valence-electron chi connectivity index (χ0n) is 22.3. The zero-order chi connectivity index (χ0) is 32.9. The predicted molar refractivity (Wildman–Crippen MR) is 143 cm³/mol. The van der Waals surface area contributed by atoms with Crippen molar-refractivity contribution in [2.75, 3.05) is 19.0 Å². The number of fused-ring (bicyclic) bond motifs is 1. The SMILES string of the molecule is CC.COc1c(OCC2(O)C(O)(O)C(O)(O)NC(O)(O)C2(O)O)c(O)c2[nH]c(=O)nc(Nc3ccc(Br)cc3F)c2c1O. The lowest BCUT2D eigenvalue weighted by molar-refractivity contribution is -0.551. The summed E-state index contributed by atoms with van der Waals surface area (Å²) < 4.78 is 24.8. The maximum Gasteiger partial charge on any atom is 0.347 e. The molecule has 1 fully saturated rings. The summed E-state index contributed by atoms with van der Waals surface area (Å²) in [5.74, 6) is -22.7. The minimum absolute atomic E-state index is 0.226. The fraction of sp³-hybridized carbons (Fsp3) is 0.391. The normalized spacial score (nSPS) is 19.2. The first-order valence-corrected chi connectivity index (χ1v) is 12.7. The third-order valence-corrected chi connectivity index (χ3v) is 6.82. The molecule has 20 heteroatoms. The number of aromatic amines is 1. The highest BCUT2D eigenvalue weighted by Gasteiger charge is 2.82. The number of methoxy groups -OCH3 is 1. The summed E-state index contributed by atoms with van der Waals surface area (Å²) in [6.07, 6.45) is 0. The molecule has 1 aliphatic rings. The molecule has 0 amide bonds. The topological polar surface area (TPSA) is 311 Å². The van der Waals surface area contributed by atoms with Gasteiger partial charge in [-0.3, -0.25) is 0 Å². The molecule has 1 aromatic heterocycles. The quantitative estimate of drug-likeness (QED) is 0.0933. The van der Waals surface area contributed by atoms with E-state index < -0.39 is 86.8 Å². The zero-order valence-corrected chi connectivity index (χ0v) is 23.9. The highest BCUT2D eigenvalue weighted by molar-refractivity contribution is 9.10. The molecule has 4 rings (SSSR count). The highest BCUT2D eigenvalue weighted by Crippen LogP contribution is 2.52. The van der Waals surface area contributed by atoms with Crippen LogP contribution in [0.3, 0.4) is 0 Å². The van der Waals surface area contributed by atoms with E-state index in [0.717, 1.165) is 18.5 Å². The number of phenolic OH excluding ortho intramolecular Hbond substituents is 2. The molecular formula is C23H28BrFN4O14. The summed E-state index contributed by atoms with van der Waals surface area (Å²) in [5.41, 5.74) is -6.30. The average molecular weight is 683 g/mol. The maximum atomic E-state index is 14.4. The summed E-state index contributed by atoms with van der Waals surface area (Å²) >= 11 is 3.07. The minimum atomic E-state index is -4.47. The standard InChI is InChI=1S/C21H22BrFN4O14.C2H6/c1-40-13-11(28)9-10(25-16(30)26-15(9)24-8-3-2-6(22)4-7(8)23)12(29)14(13)41-5-17(31)18(32,33)20(36,37)27-21(38,39)19(17,34)35;1-2/h2-4,27-29,31-39H,5H2,1H3,(H2,24,25,26,30);1-2H3. The first kappa shape index (κ1) is 34.1. The lowest BCUT2D eigenvalue weighted by atomic mass is 9.76. The van der Waals surface area contributed by atoms with Crippen molar-refractivity contribution >= 4 is 38.3 Å². The van der Waals surface area contributed by atoms with Crippen LogP contribution in [0.25, 0.3) is 10.9 Å². The number of rotatable bonds is 6. The first-order valence-electron chi connectivity index (χ1n) is 11.9. The summed E-state index contributed by atoms with van der Waals surface area (Å²) in [5, 5.41) is 116. The number of halogens is 2. The van der Waals surface area contributed by atoms with E-state index in [9.17, 15) is 65.4 Å². The van der Waals surface area contributed by atoms with Gasteiger partial charge in [-0.05, 0) is 18.2 Å². The number of anilines is 2.